The summed E-state index contributed by atoms with van der Waals surface area (Å²) in [4.78, 5) is 3.54. The van der Waals surface area contributed by atoms with Gasteiger partial charge in [0.2, 0.25) is 0 Å². The Morgan fingerprint density at radius 2 is 1.84 bits per heavy atom. The van der Waals surface area contributed by atoms with Crippen LogP contribution in [0.3, 0.4) is 0 Å². The van der Waals surface area contributed by atoms with Crippen molar-refractivity contribution in [2.75, 3.05) is 13.1 Å². The van der Waals surface area contributed by atoms with Gasteiger partial charge in [-0.2, -0.15) is 0 Å². The van der Waals surface area contributed by atoms with Crippen LogP contribution in [0, 0.1) is 0 Å². The van der Waals surface area contributed by atoms with E-state index in [4.69, 9.17) is 17.3 Å². The third-order valence-corrected chi connectivity index (χ3v) is 4.12. The molecule has 0 unspecified atom stereocenters. The summed E-state index contributed by atoms with van der Waals surface area (Å²) in [7, 11) is 0. The number of thiophene rings is 1. The molecule has 0 aliphatic rings. The van der Waals surface area contributed by atoms with Gasteiger partial charge >= 0.3 is 0 Å². The van der Waals surface area contributed by atoms with E-state index in [9.17, 15) is 0 Å². The molecule has 0 saturated carbocycles. The second-order valence-electron chi connectivity index (χ2n) is 4.18. The Hall–Kier alpha value is -0.580. The first-order valence-corrected chi connectivity index (χ1v) is 7.23. The molecule has 2 aromatic rings. The standard InChI is InChI=1S/C14H17ClN2S.ClH/c15-13-6-9-18-14(13)11-17(8-7-16)10-12-4-2-1-3-5-12;/h1-6,9H,7-8,10-11,16H2;1H. The van der Waals surface area contributed by atoms with Gasteiger partial charge in [-0.15, -0.1) is 23.7 Å². The number of nitrogens with two attached hydrogens (primary N) is 1. The van der Waals surface area contributed by atoms with Crippen molar-refractivity contribution in [1.82, 2.24) is 4.90 Å². The van der Waals surface area contributed by atoms with Crippen molar-refractivity contribution < 1.29 is 0 Å². The van der Waals surface area contributed by atoms with Gasteiger partial charge in [0, 0.05) is 31.1 Å². The van der Waals surface area contributed by atoms with E-state index >= 15 is 0 Å². The molecular formula is C14H18Cl2N2S. The van der Waals surface area contributed by atoms with Crippen LogP contribution >= 0.6 is 35.3 Å². The fourth-order valence-corrected chi connectivity index (χ4v) is 3.02. The van der Waals surface area contributed by atoms with Gasteiger partial charge in [0.25, 0.3) is 0 Å². The van der Waals surface area contributed by atoms with Gasteiger partial charge < -0.3 is 5.73 Å². The van der Waals surface area contributed by atoms with Gasteiger partial charge in [-0.1, -0.05) is 41.9 Å². The van der Waals surface area contributed by atoms with Crippen LogP contribution in [-0.4, -0.2) is 18.0 Å². The smallest absolute Gasteiger partial charge is 0.0558 e. The van der Waals surface area contributed by atoms with Crippen LogP contribution in [-0.2, 0) is 13.1 Å². The lowest BCUT2D eigenvalue weighted by Crippen LogP contribution is -2.28. The van der Waals surface area contributed by atoms with E-state index in [0.717, 1.165) is 24.7 Å². The summed E-state index contributed by atoms with van der Waals surface area (Å²) in [6.07, 6.45) is 0. The van der Waals surface area contributed by atoms with Crippen LogP contribution in [0.15, 0.2) is 41.8 Å². The zero-order valence-corrected chi connectivity index (χ0v) is 13.0. The lowest BCUT2D eigenvalue weighted by Gasteiger charge is -2.21. The van der Waals surface area contributed by atoms with E-state index in [1.165, 1.54) is 10.4 Å². The lowest BCUT2D eigenvalue weighted by molar-refractivity contribution is 0.267. The predicted molar refractivity (Wildman–Crippen MR) is 86.2 cm³/mol. The molecule has 0 saturated heterocycles. The molecule has 0 spiro atoms. The van der Waals surface area contributed by atoms with E-state index < -0.39 is 0 Å². The van der Waals surface area contributed by atoms with Crippen molar-refractivity contribution in [3.05, 3.63) is 57.2 Å². The van der Waals surface area contributed by atoms with E-state index in [1.54, 1.807) is 11.3 Å². The summed E-state index contributed by atoms with van der Waals surface area (Å²) in [5.74, 6) is 0. The minimum Gasteiger partial charge on any atom is -0.329 e. The molecule has 1 aromatic heterocycles. The summed E-state index contributed by atoms with van der Waals surface area (Å²) in [5.41, 5.74) is 6.98. The highest BCUT2D eigenvalue weighted by atomic mass is 35.5. The molecule has 1 heterocycles. The van der Waals surface area contributed by atoms with Gasteiger partial charge in [0.05, 0.1) is 5.02 Å². The van der Waals surface area contributed by atoms with Crippen LogP contribution in [0.25, 0.3) is 0 Å². The second-order valence-corrected chi connectivity index (χ2v) is 5.58. The fourth-order valence-electron chi connectivity index (χ4n) is 1.88. The highest BCUT2D eigenvalue weighted by molar-refractivity contribution is 7.10. The molecule has 19 heavy (non-hydrogen) atoms. The van der Waals surface area contributed by atoms with E-state index in [0.29, 0.717) is 6.54 Å². The van der Waals surface area contributed by atoms with E-state index in [1.807, 2.05) is 17.5 Å². The Morgan fingerprint density at radius 1 is 1.11 bits per heavy atom. The summed E-state index contributed by atoms with van der Waals surface area (Å²) in [6.45, 7) is 3.31. The zero-order chi connectivity index (χ0) is 12.8. The molecule has 0 bridgehead atoms. The first kappa shape index (κ1) is 16.5. The monoisotopic (exact) mass is 316 g/mol. The van der Waals surface area contributed by atoms with Crippen LogP contribution in [0.2, 0.25) is 5.02 Å². The normalized spacial score (nSPS) is 10.5. The van der Waals surface area contributed by atoms with Crippen LogP contribution in [0.4, 0.5) is 0 Å². The van der Waals surface area contributed by atoms with Crippen molar-refractivity contribution in [2.45, 2.75) is 13.1 Å². The number of rotatable bonds is 6. The predicted octanol–water partition coefficient (Wildman–Crippen LogP) is 3.78. The summed E-state index contributed by atoms with van der Waals surface area (Å²) in [5, 5.41) is 2.89. The topological polar surface area (TPSA) is 29.3 Å². The van der Waals surface area contributed by atoms with Gasteiger partial charge in [-0.25, -0.2) is 0 Å². The lowest BCUT2D eigenvalue weighted by atomic mass is 10.2. The number of halogens is 2. The highest BCUT2D eigenvalue weighted by Gasteiger charge is 2.09. The largest absolute Gasteiger partial charge is 0.329 e. The maximum absolute atomic E-state index is 6.14. The molecule has 5 heteroatoms. The Morgan fingerprint density at radius 3 is 2.42 bits per heavy atom. The van der Waals surface area contributed by atoms with Crippen LogP contribution in [0.1, 0.15) is 10.4 Å². The van der Waals surface area contributed by atoms with Crippen LogP contribution in [0.5, 0.6) is 0 Å². The van der Waals surface area contributed by atoms with Crippen molar-refractivity contribution in [3.63, 3.8) is 0 Å². The highest BCUT2D eigenvalue weighted by Crippen LogP contribution is 2.24. The van der Waals surface area contributed by atoms with Gasteiger partial charge in [-0.05, 0) is 17.0 Å². The molecule has 2 rings (SSSR count). The molecular weight excluding hydrogens is 299 g/mol. The number of benzene rings is 1. The third-order valence-electron chi connectivity index (χ3n) is 2.75. The maximum Gasteiger partial charge on any atom is 0.0558 e. The Balaban J connectivity index is 0.00000180. The molecule has 0 aliphatic heterocycles. The minimum atomic E-state index is 0. The molecule has 0 atom stereocenters. The Bertz CT molecular complexity index is 473. The summed E-state index contributed by atoms with van der Waals surface area (Å²) < 4.78 is 0. The van der Waals surface area contributed by atoms with E-state index in [-0.39, 0.29) is 12.4 Å². The number of nitrogens with zero attached hydrogens (tertiary/aromatic N) is 1. The average molecular weight is 317 g/mol. The SMILES string of the molecule is Cl.NCCN(Cc1ccccc1)Cc1sccc1Cl. The first-order chi connectivity index (χ1) is 8.79. The maximum atomic E-state index is 6.14. The number of hydrogen-bond acceptors (Lipinski definition) is 3. The second kappa shape index (κ2) is 8.56. The van der Waals surface area contributed by atoms with Gasteiger partial charge in [0.1, 0.15) is 0 Å². The van der Waals surface area contributed by atoms with E-state index in [2.05, 4.69) is 29.2 Å². The third kappa shape index (κ3) is 5.13. The molecule has 2 nitrogen and oxygen atoms in total. The van der Waals surface area contributed by atoms with Crippen molar-refractivity contribution in [1.29, 1.82) is 0 Å². The minimum absolute atomic E-state index is 0. The van der Waals surface area contributed by atoms with Crippen molar-refractivity contribution >= 4 is 35.3 Å². The molecule has 1 aromatic carbocycles. The van der Waals surface area contributed by atoms with Crippen molar-refractivity contribution in [3.8, 4) is 0 Å². The molecule has 0 radical (unpaired) electrons. The van der Waals surface area contributed by atoms with Gasteiger partial charge in [0.15, 0.2) is 0 Å². The average Bonchev–Trinajstić information content (AvgIpc) is 2.77. The summed E-state index contributed by atoms with van der Waals surface area (Å²) in [6, 6.07) is 12.4. The fraction of sp³-hybridized carbons (Fsp3) is 0.286. The Labute approximate surface area is 129 Å². The molecule has 0 amide bonds. The molecule has 0 aliphatic carbocycles. The summed E-state index contributed by atoms with van der Waals surface area (Å²) >= 11 is 7.84. The van der Waals surface area contributed by atoms with Crippen LogP contribution < -0.4 is 5.73 Å². The van der Waals surface area contributed by atoms with Crippen molar-refractivity contribution in [2.24, 2.45) is 5.73 Å². The zero-order valence-electron chi connectivity index (χ0n) is 10.6. The van der Waals surface area contributed by atoms with Gasteiger partial charge in [-0.3, -0.25) is 4.90 Å². The first-order valence-electron chi connectivity index (χ1n) is 5.98. The Kier molecular flexibility index (Phi) is 7.42. The molecule has 2 N–H and O–H groups in total. The molecule has 104 valence electrons. The number of hydrogen-bond donors (Lipinski definition) is 1. The quantitative estimate of drug-likeness (QED) is 0.878. The molecule has 0 fully saturated rings.